The highest BCUT2D eigenvalue weighted by Crippen LogP contribution is 2.49. The van der Waals surface area contributed by atoms with Gasteiger partial charge in [0.05, 0.1) is 12.5 Å². The zero-order chi connectivity index (χ0) is 8.48. The van der Waals surface area contributed by atoms with E-state index < -0.39 is 0 Å². The molecular weight excluding hydrogens is 164 g/mol. The lowest BCUT2D eigenvalue weighted by Crippen LogP contribution is -2.14. The Hall–Kier alpha value is -0.500. The second kappa shape index (κ2) is 2.86. The lowest BCUT2D eigenvalue weighted by molar-refractivity contribution is -0.145. The molecule has 3 heteroatoms. The van der Waals surface area contributed by atoms with Gasteiger partial charge in [0.2, 0.25) is 0 Å². The Balaban J connectivity index is 2.68. The first-order valence-electron chi connectivity index (χ1n) is 3.54. The molecule has 0 atom stereocenters. The third-order valence-electron chi connectivity index (χ3n) is 1.86. The SMILES string of the molecule is COC(=O)C1(C=C(C)Cl)CC1. The van der Waals surface area contributed by atoms with Crippen LogP contribution in [0.3, 0.4) is 0 Å². The predicted molar refractivity (Wildman–Crippen MR) is 43.3 cm³/mol. The van der Waals surface area contributed by atoms with Gasteiger partial charge in [0, 0.05) is 5.03 Å². The Morgan fingerprint density at radius 1 is 1.64 bits per heavy atom. The molecule has 1 aliphatic carbocycles. The molecule has 2 nitrogen and oxygen atoms in total. The number of allylic oxidation sites excluding steroid dienone is 1. The fraction of sp³-hybridized carbons (Fsp3) is 0.625. The minimum absolute atomic E-state index is 0.169. The standard InChI is InChI=1S/C8H11ClO2/c1-6(9)5-8(3-4-8)7(10)11-2/h5H,3-4H2,1-2H3. The van der Waals surface area contributed by atoms with Gasteiger partial charge in [0.15, 0.2) is 0 Å². The number of hydrogen-bond donors (Lipinski definition) is 0. The van der Waals surface area contributed by atoms with E-state index in [0.717, 1.165) is 12.8 Å². The maximum Gasteiger partial charge on any atom is 0.315 e. The van der Waals surface area contributed by atoms with Crippen molar-refractivity contribution in [3.05, 3.63) is 11.1 Å². The van der Waals surface area contributed by atoms with Crippen molar-refractivity contribution >= 4 is 17.6 Å². The van der Waals surface area contributed by atoms with Gasteiger partial charge < -0.3 is 4.74 Å². The van der Waals surface area contributed by atoms with E-state index >= 15 is 0 Å². The van der Waals surface area contributed by atoms with E-state index in [1.165, 1.54) is 7.11 Å². The summed E-state index contributed by atoms with van der Waals surface area (Å²) in [6.45, 7) is 1.77. The minimum Gasteiger partial charge on any atom is -0.468 e. The minimum atomic E-state index is -0.374. The molecule has 0 saturated heterocycles. The number of methoxy groups -OCH3 is 1. The van der Waals surface area contributed by atoms with Crippen LogP contribution in [0.5, 0.6) is 0 Å². The van der Waals surface area contributed by atoms with Crippen LogP contribution < -0.4 is 0 Å². The molecule has 0 spiro atoms. The smallest absolute Gasteiger partial charge is 0.315 e. The quantitative estimate of drug-likeness (QED) is 0.600. The zero-order valence-electron chi connectivity index (χ0n) is 6.69. The molecule has 11 heavy (non-hydrogen) atoms. The molecule has 0 N–H and O–H groups in total. The molecule has 0 aromatic heterocycles. The summed E-state index contributed by atoms with van der Waals surface area (Å²) in [5, 5.41) is 0.660. The molecule has 0 radical (unpaired) electrons. The van der Waals surface area contributed by atoms with E-state index in [2.05, 4.69) is 4.74 Å². The summed E-state index contributed by atoms with van der Waals surface area (Å²) in [5.41, 5.74) is -0.374. The summed E-state index contributed by atoms with van der Waals surface area (Å²) < 4.78 is 4.64. The van der Waals surface area contributed by atoms with Gasteiger partial charge in [-0.1, -0.05) is 17.7 Å². The van der Waals surface area contributed by atoms with Gasteiger partial charge in [-0.3, -0.25) is 4.79 Å². The predicted octanol–water partition coefficient (Wildman–Crippen LogP) is 2.08. The molecule has 62 valence electrons. The number of esters is 1. The van der Waals surface area contributed by atoms with Gasteiger partial charge in [0.1, 0.15) is 0 Å². The highest BCUT2D eigenvalue weighted by atomic mass is 35.5. The molecule has 0 aliphatic heterocycles. The van der Waals surface area contributed by atoms with Crippen molar-refractivity contribution in [2.45, 2.75) is 19.8 Å². The van der Waals surface area contributed by atoms with Crippen LogP contribution in [-0.2, 0) is 9.53 Å². The maximum absolute atomic E-state index is 11.1. The summed E-state index contributed by atoms with van der Waals surface area (Å²) in [6, 6.07) is 0. The number of carbonyl (C=O) groups excluding carboxylic acids is 1. The van der Waals surface area contributed by atoms with E-state index in [-0.39, 0.29) is 11.4 Å². The molecule has 0 bridgehead atoms. The summed E-state index contributed by atoms with van der Waals surface area (Å²) in [7, 11) is 1.40. The van der Waals surface area contributed by atoms with Crippen molar-refractivity contribution in [1.82, 2.24) is 0 Å². The normalized spacial score (nSPS) is 21.2. The second-order valence-electron chi connectivity index (χ2n) is 2.88. The number of hydrogen-bond acceptors (Lipinski definition) is 2. The van der Waals surface area contributed by atoms with E-state index in [0.29, 0.717) is 5.03 Å². The molecule has 0 unspecified atom stereocenters. The van der Waals surface area contributed by atoms with Crippen molar-refractivity contribution in [3.8, 4) is 0 Å². The van der Waals surface area contributed by atoms with E-state index in [1.807, 2.05) is 0 Å². The largest absolute Gasteiger partial charge is 0.468 e. The van der Waals surface area contributed by atoms with Crippen LogP contribution in [0.2, 0.25) is 0 Å². The molecule has 1 aliphatic rings. The van der Waals surface area contributed by atoms with Crippen molar-refractivity contribution in [2.75, 3.05) is 7.11 Å². The maximum atomic E-state index is 11.1. The molecular formula is C8H11ClO2. The molecule has 0 aromatic carbocycles. The number of ether oxygens (including phenoxy) is 1. The zero-order valence-corrected chi connectivity index (χ0v) is 7.44. The Morgan fingerprint density at radius 2 is 2.18 bits per heavy atom. The number of rotatable bonds is 2. The van der Waals surface area contributed by atoms with Crippen LogP contribution in [0, 0.1) is 5.41 Å². The summed E-state index contributed by atoms with van der Waals surface area (Å²) in [4.78, 5) is 11.1. The number of carbonyl (C=O) groups is 1. The van der Waals surface area contributed by atoms with Crippen LogP contribution in [-0.4, -0.2) is 13.1 Å². The Labute approximate surface area is 71.2 Å². The van der Waals surface area contributed by atoms with E-state index in [9.17, 15) is 4.79 Å². The van der Waals surface area contributed by atoms with Crippen molar-refractivity contribution in [3.63, 3.8) is 0 Å². The van der Waals surface area contributed by atoms with E-state index in [4.69, 9.17) is 11.6 Å². The summed E-state index contributed by atoms with van der Waals surface area (Å²) >= 11 is 5.66. The third-order valence-corrected chi connectivity index (χ3v) is 1.96. The molecule has 0 aromatic rings. The van der Waals surface area contributed by atoms with Crippen LogP contribution in [0.15, 0.2) is 11.1 Å². The number of halogens is 1. The van der Waals surface area contributed by atoms with Crippen molar-refractivity contribution in [1.29, 1.82) is 0 Å². The fourth-order valence-electron chi connectivity index (χ4n) is 1.13. The van der Waals surface area contributed by atoms with Crippen LogP contribution in [0.4, 0.5) is 0 Å². The molecule has 0 amide bonds. The van der Waals surface area contributed by atoms with Crippen molar-refractivity contribution in [2.24, 2.45) is 5.41 Å². The van der Waals surface area contributed by atoms with E-state index in [1.54, 1.807) is 13.0 Å². The Kier molecular flexibility index (Phi) is 2.23. The summed E-state index contributed by atoms with van der Waals surface area (Å²) in [5.74, 6) is -0.169. The fourth-order valence-corrected chi connectivity index (χ4v) is 1.33. The highest BCUT2D eigenvalue weighted by molar-refractivity contribution is 6.29. The summed E-state index contributed by atoms with van der Waals surface area (Å²) in [6.07, 6.45) is 3.51. The Bertz CT molecular complexity index is 200. The average molecular weight is 175 g/mol. The third kappa shape index (κ3) is 1.74. The van der Waals surface area contributed by atoms with Gasteiger partial charge in [-0.05, 0) is 19.8 Å². The average Bonchev–Trinajstić information content (AvgIpc) is 2.67. The van der Waals surface area contributed by atoms with Crippen molar-refractivity contribution < 1.29 is 9.53 Å². The first-order chi connectivity index (χ1) is 5.10. The van der Waals surface area contributed by atoms with Crippen LogP contribution in [0.25, 0.3) is 0 Å². The van der Waals surface area contributed by atoms with Crippen LogP contribution in [0.1, 0.15) is 19.8 Å². The van der Waals surface area contributed by atoms with Gasteiger partial charge in [-0.2, -0.15) is 0 Å². The molecule has 1 fully saturated rings. The highest BCUT2D eigenvalue weighted by Gasteiger charge is 2.49. The molecule has 1 saturated carbocycles. The molecule has 0 heterocycles. The Morgan fingerprint density at radius 3 is 2.45 bits per heavy atom. The van der Waals surface area contributed by atoms with Gasteiger partial charge in [0.25, 0.3) is 0 Å². The molecule has 1 rings (SSSR count). The first-order valence-corrected chi connectivity index (χ1v) is 3.92. The van der Waals surface area contributed by atoms with Crippen LogP contribution >= 0.6 is 11.6 Å². The first kappa shape index (κ1) is 8.60. The van der Waals surface area contributed by atoms with Gasteiger partial charge >= 0.3 is 5.97 Å². The monoisotopic (exact) mass is 174 g/mol. The topological polar surface area (TPSA) is 26.3 Å². The van der Waals surface area contributed by atoms with Gasteiger partial charge in [-0.25, -0.2) is 0 Å². The lowest BCUT2D eigenvalue weighted by Gasteiger charge is -2.06. The lowest BCUT2D eigenvalue weighted by atomic mass is 10.1. The van der Waals surface area contributed by atoms with Gasteiger partial charge in [-0.15, -0.1) is 0 Å². The second-order valence-corrected chi connectivity index (χ2v) is 3.48.